The van der Waals surface area contributed by atoms with Crippen molar-refractivity contribution in [3.63, 3.8) is 0 Å². The first kappa shape index (κ1) is 8.53. The van der Waals surface area contributed by atoms with Gasteiger partial charge in [0.05, 0.1) is 0 Å². The molecule has 1 saturated carbocycles. The molecule has 1 amide bonds. The molecule has 1 aliphatic rings. The van der Waals surface area contributed by atoms with Gasteiger partial charge in [-0.25, -0.2) is 0 Å². The third-order valence-electron chi connectivity index (χ3n) is 2.08. The molecular formula is C8H16N2O. The zero-order valence-corrected chi connectivity index (χ0v) is 7.26. The zero-order valence-electron chi connectivity index (χ0n) is 7.26. The Morgan fingerprint density at radius 2 is 2.27 bits per heavy atom. The first-order valence-corrected chi connectivity index (χ1v) is 4.16. The van der Waals surface area contributed by atoms with E-state index in [2.05, 4.69) is 5.32 Å². The minimum atomic E-state index is 0.266. The predicted molar refractivity (Wildman–Crippen MR) is 44.3 cm³/mol. The van der Waals surface area contributed by atoms with Gasteiger partial charge >= 0.3 is 0 Å². The summed E-state index contributed by atoms with van der Waals surface area (Å²) in [4.78, 5) is 13.1. The fourth-order valence-corrected chi connectivity index (χ4v) is 1.07. The van der Waals surface area contributed by atoms with Gasteiger partial charge in [0, 0.05) is 26.1 Å². The third-order valence-corrected chi connectivity index (χ3v) is 2.08. The summed E-state index contributed by atoms with van der Waals surface area (Å²) in [6.07, 6.45) is 3.02. The standard InChI is InChI=1S/C8H16N2O/c1-9-6-5-8(11)10(2)7-3-4-7/h7,9H,3-6H2,1-2H3. The van der Waals surface area contributed by atoms with Crippen LogP contribution in [0.15, 0.2) is 0 Å². The fraction of sp³-hybridized carbons (Fsp3) is 0.875. The Hall–Kier alpha value is -0.570. The van der Waals surface area contributed by atoms with Gasteiger partial charge in [-0.05, 0) is 19.9 Å². The van der Waals surface area contributed by atoms with Crippen molar-refractivity contribution in [2.45, 2.75) is 25.3 Å². The predicted octanol–water partition coefficient (Wildman–Crippen LogP) is 0.217. The molecule has 1 rings (SSSR count). The van der Waals surface area contributed by atoms with Crippen molar-refractivity contribution in [3.8, 4) is 0 Å². The van der Waals surface area contributed by atoms with Crippen LogP contribution in [0.25, 0.3) is 0 Å². The second-order valence-electron chi connectivity index (χ2n) is 3.09. The molecule has 0 unspecified atom stereocenters. The van der Waals surface area contributed by atoms with Crippen molar-refractivity contribution in [2.75, 3.05) is 20.6 Å². The van der Waals surface area contributed by atoms with Crippen LogP contribution < -0.4 is 5.32 Å². The average molecular weight is 156 g/mol. The van der Waals surface area contributed by atoms with Crippen molar-refractivity contribution < 1.29 is 4.79 Å². The maximum absolute atomic E-state index is 11.3. The van der Waals surface area contributed by atoms with E-state index in [1.807, 2.05) is 19.0 Å². The van der Waals surface area contributed by atoms with Gasteiger partial charge < -0.3 is 10.2 Å². The molecule has 0 aromatic carbocycles. The summed E-state index contributed by atoms with van der Waals surface area (Å²) in [5, 5.41) is 2.97. The molecule has 0 atom stereocenters. The lowest BCUT2D eigenvalue weighted by Gasteiger charge is -2.15. The average Bonchev–Trinajstić information content (AvgIpc) is 2.81. The van der Waals surface area contributed by atoms with E-state index < -0.39 is 0 Å². The molecule has 0 spiro atoms. The quantitative estimate of drug-likeness (QED) is 0.631. The van der Waals surface area contributed by atoms with Crippen LogP contribution in [-0.2, 0) is 4.79 Å². The molecule has 1 fully saturated rings. The molecule has 0 bridgehead atoms. The summed E-state index contributed by atoms with van der Waals surface area (Å²) >= 11 is 0. The summed E-state index contributed by atoms with van der Waals surface area (Å²) < 4.78 is 0. The number of hydrogen-bond acceptors (Lipinski definition) is 2. The van der Waals surface area contributed by atoms with Crippen LogP contribution >= 0.6 is 0 Å². The van der Waals surface area contributed by atoms with Gasteiger partial charge in [-0.2, -0.15) is 0 Å². The number of carbonyl (C=O) groups is 1. The zero-order chi connectivity index (χ0) is 8.27. The Kier molecular flexibility index (Phi) is 2.88. The molecule has 3 nitrogen and oxygen atoms in total. The Bertz CT molecular complexity index is 143. The highest BCUT2D eigenvalue weighted by Crippen LogP contribution is 2.25. The van der Waals surface area contributed by atoms with E-state index in [1.54, 1.807) is 0 Å². The van der Waals surface area contributed by atoms with Crippen LogP contribution in [-0.4, -0.2) is 37.5 Å². The highest BCUT2D eigenvalue weighted by Gasteiger charge is 2.28. The summed E-state index contributed by atoms with van der Waals surface area (Å²) in [5.41, 5.74) is 0. The number of rotatable bonds is 4. The number of nitrogens with one attached hydrogen (secondary N) is 1. The largest absolute Gasteiger partial charge is 0.343 e. The van der Waals surface area contributed by atoms with Crippen LogP contribution in [0, 0.1) is 0 Å². The minimum absolute atomic E-state index is 0.266. The molecule has 64 valence electrons. The molecule has 11 heavy (non-hydrogen) atoms. The van der Waals surface area contributed by atoms with Crippen LogP contribution in [0.5, 0.6) is 0 Å². The molecule has 1 aliphatic carbocycles. The molecule has 0 saturated heterocycles. The van der Waals surface area contributed by atoms with Crippen molar-refractivity contribution in [1.82, 2.24) is 10.2 Å². The molecule has 0 aliphatic heterocycles. The van der Waals surface area contributed by atoms with E-state index >= 15 is 0 Å². The number of hydrogen-bond donors (Lipinski definition) is 1. The third kappa shape index (κ3) is 2.50. The maximum atomic E-state index is 11.3. The summed E-state index contributed by atoms with van der Waals surface area (Å²) in [7, 11) is 3.76. The Morgan fingerprint density at radius 3 is 2.73 bits per heavy atom. The Morgan fingerprint density at radius 1 is 1.64 bits per heavy atom. The van der Waals surface area contributed by atoms with E-state index in [1.165, 1.54) is 12.8 Å². The van der Waals surface area contributed by atoms with Gasteiger partial charge in [0.15, 0.2) is 0 Å². The molecule has 0 heterocycles. The van der Waals surface area contributed by atoms with Gasteiger partial charge in [-0.3, -0.25) is 4.79 Å². The van der Waals surface area contributed by atoms with Crippen molar-refractivity contribution in [2.24, 2.45) is 0 Å². The van der Waals surface area contributed by atoms with E-state index in [0.29, 0.717) is 12.5 Å². The topological polar surface area (TPSA) is 32.3 Å². The molecule has 0 aromatic heterocycles. The van der Waals surface area contributed by atoms with E-state index in [9.17, 15) is 4.79 Å². The molecule has 0 radical (unpaired) electrons. The minimum Gasteiger partial charge on any atom is -0.343 e. The Labute approximate surface area is 67.8 Å². The van der Waals surface area contributed by atoms with Gasteiger partial charge in [-0.15, -0.1) is 0 Å². The van der Waals surface area contributed by atoms with E-state index in [4.69, 9.17) is 0 Å². The summed E-state index contributed by atoms with van der Waals surface area (Å²) in [6, 6.07) is 0.555. The molecule has 0 aromatic rings. The van der Waals surface area contributed by atoms with Gasteiger partial charge in [0.1, 0.15) is 0 Å². The second-order valence-corrected chi connectivity index (χ2v) is 3.09. The van der Waals surface area contributed by atoms with Crippen molar-refractivity contribution >= 4 is 5.91 Å². The lowest BCUT2D eigenvalue weighted by Crippen LogP contribution is -2.30. The van der Waals surface area contributed by atoms with Gasteiger partial charge in [-0.1, -0.05) is 0 Å². The molecule has 1 N–H and O–H groups in total. The van der Waals surface area contributed by atoms with E-state index in [-0.39, 0.29) is 5.91 Å². The SMILES string of the molecule is CNCCC(=O)N(C)C1CC1. The summed E-state index contributed by atoms with van der Waals surface area (Å²) in [6.45, 7) is 0.788. The highest BCUT2D eigenvalue weighted by atomic mass is 16.2. The van der Waals surface area contributed by atoms with Crippen molar-refractivity contribution in [1.29, 1.82) is 0 Å². The smallest absolute Gasteiger partial charge is 0.223 e. The first-order chi connectivity index (χ1) is 5.25. The van der Waals surface area contributed by atoms with Crippen LogP contribution in [0.2, 0.25) is 0 Å². The van der Waals surface area contributed by atoms with E-state index in [0.717, 1.165) is 6.54 Å². The van der Waals surface area contributed by atoms with Crippen LogP contribution in [0.4, 0.5) is 0 Å². The van der Waals surface area contributed by atoms with Crippen LogP contribution in [0.1, 0.15) is 19.3 Å². The molecule has 3 heteroatoms. The van der Waals surface area contributed by atoms with Crippen LogP contribution in [0.3, 0.4) is 0 Å². The normalized spacial score (nSPS) is 16.5. The number of nitrogens with zero attached hydrogens (tertiary/aromatic N) is 1. The maximum Gasteiger partial charge on any atom is 0.223 e. The van der Waals surface area contributed by atoms with Gasteiger partial charge in [0.25, 0.3) is 0 Å². The lowest BCUT2D eigenvalue weighted by atomic mass is 10.3. The highest BCUT2D eigenvalue weighted by molar-refractivity contribution is 5.76. The Balaban J connectivity index is 2.16. The first-order valence-electron chi connectivity index (χ1n) is 4.16. The lowest BCUT2D eigenvalue weighted by molar-refractivity contribution is -0.130. The fourth-order valence-electron chi connectivity index (χ4n) is 1.07. The van der Waals surface area contributed by atoms with Crippen molar-refractivity contribution in [3.05, 3.63) is 0 Å². The number of amides is 1. The summed E-state index contributed by atoms with van der Waals surface area (Å²) in [5.74, 6) is 0.266. The monoisotopic (exact) mass is 156 g/mol. The molecular weight excluding hydrogens is 140 g/mol. The number of carbonyl (C=O) groups excluding carboxylic acids is 1. The second kappa shape index (κ2) is 3.72. The van der Waals surface area contributed by atoms with Gasteiger partial charge in [0.2, 0.25) is 5.91 Å².